The van der Waals surface area contributed by atoms with Crippen LogP contribution in [0, 0.1) is 0 Å². The van der Waals surface area contributed by atoms with E-state index in [-0.39, 0.29) is 13.4 Å². The van der Waals surface area contributed by atoms with E-state index in [9.17, 15) is 0 Å². The van der Waals surface area contributed by atoms with Crippen molar-refractivity contribution in [1.29, 1.82) is 0 Å². The first kappa shape index (κ1) is 55.3. The minimum absolute atomic E-state index is 0.219. The van der Waals surface area contributed by atoms with E-state index >= 15 is 0 Å². The molecule has 0 amide bonds. The molecule has 0 aromatic heterocycles. The van der Waals surface area contributed by atoms with Gasteiger partial charge in [0.2, 0.25) is 0 Å². The fraction of sp³-hybridized carbons (Fsp3) is 0.195. The summed E-state index contributed by atoms with van der Waals surface area (Å²) < 4.78 is 15.7. The molecule has 4 heterocycles. The van der Waals surface area contributed by atoms with Crippen LogP contribution in [0.1, 0.15) is 126 Å². The molecule has 4 aliphatic heterocycles. The van der Waals surface area contributed by atoms with Crippen LogP contribution in [0.25, 0.3) is 44.5 Å². The van der Waals surface area contributed by atoms with Gasteiger partial charge in [-0.05, 0) is 185 Å². The standard InChI is InChI=1S/C82H74B2N2O2/c1-11-53-13-43-75-71(45-53)83-69-47-65(63-27-19-57(20-28-63)51(7)8)35-41-73(69)85(67-37-31-61(32-38-67)59-23-15-55(16-24-59)49(3)4)79-77(83)81(87-75)80-78-82(79)88-76-44-14-54(12-2)46-72(76)84(78)70-48-66(64-29-21-58(22-30-64)52(9)10)36-42-74(70)86(80)68-39-33-62(34-40-68)60-25-17-56(18-26-60)50(5)6/h13-52H,11-12H2,1-10H3. The van der Waals surface area contributed by atoms with Crippen molar-refractivity contribution >= 4 is 80.3 Å². The van der Waals surface area contributed by atoms with E-state index in [0.29, 0.717) is 23.7 Å². The summed E-state index contributed by atoms with van der Waals surface area (Å²) in [4.78, 5) is 5.04. The van der Waals surface area contributed by atoms with E-state index in [1.54, 1.807) is 0 Å². The van der Waals surface area contributed by atoms with Gasteiger partial charge in [0.1, 0.15) is 23.0 Å². The van der Waals surface area contributed by atoms with Gasteiger partial charge in [-0.1, -0.05) is 239 Å². The molecule has 0 fully saturated rings. The maximum absolute atomic E-state index is 7.87. The highest BCUT2D eigenvalue weighted by atomic mass is 16.5. The van der Waals surface area contributed by atoms with Crippen LogP contribution in [0.3, 0.4) is 0 Å². The molecule has 88 heavy (non-hydrogen) atoms. The van der Waals surface area contributed by atoms with E-state index in [1.807, 2.05) is 0 Å². The molecule has 0 bridgehead atoms. The van der Waals surface area contributed by atoms with Crippen LogP contribution in [0.15, 0.2) is 218 Å². The molecule has 6 heteroatoms. The minimum atomic E-state index is -0.219. The van der Waals surface area contributed by atoms with Gasteiger partial charge in [0, 0.05) is 33.7 Å². The molecule has 430 valence electrons. The fourth-order valence-corrected chi connectivity index (χ4v) is 14.3. The van der Waals surface area contributed by atoms with Crippen LogP contribution in [0.4, 0.5) is 34.1 Å². The third-order valence-corrected chi connectivity index (χ3v) is 19.5. The summed E-state index contributed by atoms with van der Waals surface area (Å²) in [5, 5.41) is 0. The quantitative estimate of drug-likeness (QED) is 0.114. The SMILES string of the molecule is CCc1ccc2c(c1)B1c3cc(-c4ccc(C(C)C)cc4)ccc3N(c3ccc(-c4ccc(C(C)C)cc4)cc3)c3c4c5c(c(c31)O2)N(c1ccc(-c2ccc(C(C)C)cc2)cc1)c1ccc(-c2ccc(C(C)C)cc2)cc1B5c1cc(CC)ccc1O4. The third-order valence-electron chi connectivity index (χ3n) is 19.5. The molecular formula is C82H74B2N2O2. The van der Waals surface area contributed by atoms with Crippen molar-refractivity contribution < 1.29 is 9.47 Å². The highest BCUT2D eigenvalue weighted by Crippen LogP contribution is 2.54. The monoisotopic (exact) mass is 1140 g/mol. The van der Waals surface area contributed by atoms with Crippen molar-refractivity contribution in [2.75, 3.05) is 9.80 Å². The highest BCUT2D eigenvalue weighted by Gasteiger charge is 2.52. The number of hydrogen-bond donors (Lipinski definition) is 0. The molecule has 0 unspecified atom stereocenters. The molecule has 11 aromatic carbocycles. The molecule has 0 aliphatic carbocycles. The van der Waals surface area contributed by atoms with Crippen LogP contribution < -0.4 is 52.1 Å². The molecule has 0 atom stereocenters. The van der Waals surface area contributed by atoms with Gasteiger partial charge >= 0.3 is 0 Å². The second-order valence-corrected chi connectivity index (χ2v) is 26.1. The Kier molecular flexibility index (Phi) is 13.7. The molecule has 4 nitrogen and oxygen atoms in total. The number of anilines is 6. The maximum Gasteiger partial charge on any atom is 0.256 e. The zero-order valence-electron chi connectivity index (χ0n) is 52.4. The van der Waals surface area contributed by atoms with E-state index in [1.165, 1.54) is 88.8 Å². The molecule has 0 N–H and O–H groups in total. The fourth-order valence-electron chi connectivity index (χ4n) is 14.3. The maximum atomic E-state index is 7.87. The van der Waals surface area contributed by atoms with Gasteiger partial charge in [-0.15, -0.1) is 0 Å². The average Bonchev–Trinajstić information content (AvgIpc) is 0.842. The first-order valence-corrected chi connectivity index (χ1v) is 32.2. The molecule has 0 radical (unpaired) electrons. The van der Waals surface area contributed by atoms with Gasteiger partial charge < -0.3 is 19.3 Å². The molecule has 0 spiro atoms. The van der Waals surface area contributed by atoms with Crippen molar-refractivity contribution in [3.63, 3.8) is 0 Å². The Morgan fingerprint density at radius 2 is 0.591 bits per heavy atom. The summed E-state index contributed by atoms with van der Waals surface area (Å²) >= 11 is 0. The number of nitrogens with zero attached hydrogens (tertiary/aromatic N) is 2. The number of rotatable bonds is 12. The van der Waals surface area contributed by atoms with Crippen LogP contribution in [0.2, 0.25) is 0 Å². The van der Waals surface area contributed by atoms with Gasteiger partial charge in [-0.25, -0.2) is 0 Å². The Hall–Kier alpha value is -9.25. The van der Waals surface area contributed by atoms with Gasteiger partial charge in [0.15, 0.2) is 0 Å². The molecule has 11 aromatic rings. The second-order valence-electron chi connectivity index (χ2n) is 26.1. The molecule has 0 saturated heterocycles. The zero-order valence-corrected chi connectivity index (χ0v) is 52.4. The van der Waals surface area contributed by atoms with Crippen LogP contribution in [-0.4, -0.2) is 13.4 Å². The van der Waals surface area contributed by atoms with Crippen LogP contribution in [0.5, 0.6) is 23.0 Å². The Morgan fingerprint density at radius 1 is 0.307 bits per heavy atom. The number of aryl methyl sites for hydroxylation is 2. The zero-order chi connectivity index (χ0) is 60.2. The number of ether oxygens (including phenoxy) is 2. The van der Waals surface area contributed by atoms with Gasteiger partial charge in [0.25, 0.3) is 13.4 Å². The molecule has 4 aliphatic rings. The molecular weight excluding hydrogens is 1070 g/mol. The van der Waals surface area contributed by atoms with E-state index in [0.717, 1.165) is 91.8 Å². The Labute approximate surface area is 521 Å². The number of hydrogen-bond acceptors (Lipinski definition) is 4. The predicted molar refractivity (Wildman–Crippen MR) is 375 cm³/mol. The minimum Gasteiger partial charge on any atom is -0.456 e. The topological polar surface area (TPSA) is 24.9 Å². The smallest absolute Gasteiger partial charge is 0.256 e. The van der Waals surface area contributed by atoms with Crippen molar-refractivity contribution in [3.8, 4) is 67.5 Å². The third kappa shape index (κ3) is 9.20. The number of fused-ring (bicyclic) bond motifs is 10. The van der Waals surface area contributed by atoms with Crippen molar-refractivity contribution in [2.45, 2.75) is 106 Å². The average molecular weight is 1140 g/mol. The van der Waals surface area contributed by atoms with Gasteiger partial charge in [-0.3, -0.25) is 0 Å². The summed E-state index contributed by atoms with van der Waals surface area (Å²) in [5.41, 5.74) is 30.7. The van der Waals surface area contributed by atoms with Crippen molar-refractivity contribution in [3.05, 3.63) is 252 Å². The van der Waals surface area contributed by atoms with Crippen molar-refractivity contribution in [1.82, 2.24) is 0 Å². The normalized spacial score (nSPS) is 13.2. The lowest BCUT2D eigenvalue weighted by Gasteiger charge is -2.47. The summed E-state index contributed by atoms with van der Waals surface area (Å²) in [6.45, 7) is 22.2. The molecule has 0 saturated carbocycles. The first-order valence-electron chi connectivity index (χ1n) is 32.2. The molecule has 15 rings (SSSR count). The second kappa shape index (κ2) is 21.9. The van der Waals surface area contributed by atoms with E-state index in [4.69, 9.17) is 9.47 Å². The lowest BCUT2D eigenvalue weighted by molar-refractivity contribution is 0.477. The summed E-state index contributed by atoms with van der Waals surface area (Å²) in [6.07, 6.45) is 1.80. The van der Waals surface area contributed by atoms with Crippen molar-refractivity contribution in [2.24, 2.45) is 0 Å². The summed E-state index contributed by atoms with van der Waals surface area (Å²) in [6, 6.07) is 83.3. The predicted octanol–water partition coefficient (Wildman–Crippen LogP) is 18.8. The van der Waals surface area contributed by atoms with Crippen LogP contribution >= 0.6 is 0 Å². The Morgan fingerprint density at radius 3 is 0.886 bits per heavy atom. The number of benzene rings is 11. The lowest BCUT2D eigenvalue weighted by Crippen LogP contribution is -2.64. The lowest BCUT2D eigenvalue weighted by atomic mass is 9.31. The largest absolute Gasteiger partial charge is 0.456 e. The first-order chi connectivity index (χ1) is 42.8. The summed E-state index contributed by atoms with van der Waals surface area (Å²) in [7, 11) is 0. The van der Waals surface area contributed by atoms with E-state index in [2.05, 4.69) is 297 Å². The van der Waals surface area contributed by atoms with E-state index < -0.39 is 0 Å². The van der Waals surface area contributed by atoms with Crippen LogP contribution in [-0.2, 0) is 12.8 Å². The Balaban J connectivity index is 1.03. The van der Waals surface area contributed by atoms with Gasteiger partial charge in [0.05, 0.1) is 11.4 Å². The van der Waals surface area contributed by atoms with Gasteiger partial charge in [-0.2, -0.15) is 0 Å². The highest BCUT2D eigenvalue weighted by molar-refractivity contribution is 7.02. The summed E-state index contributed by atoms with van der Waals surface area (Å²) in [5.74, 6) is 5.25. The Bertz CT molecular complexity index is 4220.